The number of hydrogen-bond acceptors (Lipinski definition) is 5. The summed E-state index contributed by atoms with van der Waals surface area (Å²) in [7, 11) is 0. The Kier molecular flexibility index (Phi) is 7.25. The highest BCUT2D eigenvalue weighted by Gasteiger charge is 2.46. The number of carbonyl (C=O) groups excluding carboxylic acids is 2. The Morgan fingerprint density at radius 1 is 0.697 bits per heavy atom. The summed E-state index contributed by atoms with van der Waals surface area (Å²) in [5.74, 6) is 0.0208. The third-order valence-corrected chi connectivity index (χ3v) is 4.94. The van der Waals surface area contributed by atoms with Crippen molar-refractivity contribution in [1.29, 1.82) is 0 Å². The Labute approximate surface area is 192 Å². The second-order valence-electron chi connectivity index (χ2n) is 7.28. The molecule has 2 atom stereocenters. The second-order valence-corrected chi connectivity index (χ2v) is 7.28. The van der Waals surface area contributed by atoms with Gasteiger partial charge in [-0.25, -0.2) is 0 Å². The number of pyridine rings is 2. The van der Waals surface area contributed by atoms with Crippen LogP contribution in [0.5, 0.6) is 0 Å². The number of epoxide rings is 1. The van der Waals surface area contributed by atoms with E-state index in [9.17, 15) is 9.59 Å². The van der Waals surface area contributed by atoms with E-state index in [2.05, 4.69) is 9.97 Å². The number of hydrogen-bond donors (Lipinski definition) is 0. The Morgan fingerprint density at radius 3 is 1.91 bits per heavy atom. The van der Waals surface area contributed by atoms with E-state index in [1.54, 1.807) is 42.7 Å². The molecule has 2 aromatic heterocycles. The lowest BCUT2D eigenvalue weighted by Gasteiger charge is -1.96. The quantitative estimate of drug-likeness (QED) is 0.231. The fraction of sp³-hybridized carbons (Fsp3) is 0.0714. The minimum absolute atomic E-state index is 0.00810. The van der Waals surface area contributed by atoms with Crippen molar-refractivity contribution in [1.82, 2.24) is 9.97 Å². The molecule has 1 saturated heterocycles. The van der Waals surface area contributed by atoms with Gasteiger partial charge >= 0.3 is 0 Å². The average molecular weight is 434 g/mol. The first-order chi connectivity index (χ1) is 16.2. The molecule has 0 saturated carbocycles. The summed E-state index contributed by atoms with van der Waals surface area (Å²) < 4.78 is 5.41. The van der Waals surface area contributed by atoms with Crippen LogP contribution in [0.4, 0.5) is 0 Å². The first-order valence-corrected chi connectivity index (χ1v) is 10.6. The zero-order valence-corrected chi connectivity index (χ0v) is 17.8. The van der Waals surface area contributed by atoms with Gasteiger partial charge < -0.3 is 4.74 Å². The molecule has 0 aliphatic carbocycles. The maximum Gasteiger partial charge on any atom is 0.194 e. The van der Waals surface area contributed by atoms with Crippen LogP contribution in [0.1, 0.15) is 38.2 Å². The fourth-order valence-corrected chi connectivity index (χ4v) is 3.18. The molecule has 1 fully saturated rings. The molecule has 33 heavy (non-hydrogen) atoms. The molecule has 0 spiro atoms. The van der Waals surface area contributed by atoms with Crippen LogP contribution in [0.25, 0.3) is 6.08 Å². The SMILES string of the molecule is O=C(/C=C/c1ccccn1)c1ccccc1.O=C(c1ccccc1)[C@@H]1O[C@H]1c1ccccn1. The highest BCUT2D eigenvalue weighted by molar-refractivity contribution is 6.06. The number of ketones is 2. The fourth-order valence-electron chi connectivity index (χ4n) is 3.18. The summed E-state index contributed by atoms with van der Waals surface area (Å²) in [6.07, 6.45) is 6.12. The molecule has 3 heterocycles. The topological polar surface area (TPSA) is 72.5 Å². The number of rotatable bonds is 6. The number of benzene rings is 2. The van der Waals surface area contributed by atoms with Gasteiger partial charge in [0, 0.05) is 23.5 Å². The minimum atomic E-state index is -0.368. The smallest absolute Gasteiger partial charge is 0.194 e. The van der Waals surface area contributed by atoms with Gasteiger partial charge in [-0.05, 0) is 36.4 Å². The van der Waals surface area contributed by atoms with E-state index in [1.165, 1.54) is 6.08 Å². The molecule has 0 bridgehead atoms. The van der Waals surface area contributed by atoms with Crippen LogP contribution in [0.15, 0.2) is 116 Å². The molecular formula is C28H22N2O3. The summed E-state index contributed by atoms with van der Waals surface area (Å²) >= 11 is 0. The molecular weight excluding hydrogens is 412 g/mol. The third kappa shape index (κ3) is 6.15. The predicted molar refractivity (Wildman–Crippen MR) is 127 cm³/mol. The lowest BCUT2D eigenvalue weighted by molar-refractivity contribution is 0.0953. The van der Waals surface area contributed by atoms with Crippen molar-refractivity contribution in [3.05, 3.63) is 138 Å². The van der Waals surface area contributed by atoms with Crippen molar-refractivity contribution in [3.63, 3.8) is 0 Å². The lowest BCUT2D eigenvalue weighted by atomic mass is 10.1. The summed E-state index contributed by atoms with van der Waals surface area (Å²) in [5, 5.41) is 0. The molecule has 0 radical (unpaired) electrons. The van der Waals surface area contributed by atoms with Gasteiger partial charge in [0.1, 0.15) is 6.10 Å². The van der Waals surface area contributed by atoms with Gasteiger partial charge in [0.25, 0.3) is 0 Å². The highest BCUT2D eigenvalue weighted by atomic mass is 16.6. The number of aromatic nitrogens is 2. The van der Waals surface area contributed by atoms with Gasteiger partial charge in [0.2, 0.25) is 0 Å². The second kappa shape index (κ2) is 10.9. The molecule has 0 unspecified atom stereocenters. The van der Waals surface area contributed by atoms with Crippen LogP contribution in [0, 0.1) is 0 Å². The predicted octanol–water partition coefficient (Wildman–Crippen LogP) is 5.38. The van der Waals surface area contributed by atoms with Gasteiger partial charge in [0.15, 0.2) is 17.7 Å². The lowest BCUT2D eigenvalue weighted by Crippen LogP contribution is -2.08. The van der Waals surface area contributed by atoms with Crippen LogP contribution in [-0.4, -0.2) is 27.6 Å². The molecule has 162 valence electrons. The Balaban J connectivity index is 0.000000157. The van der Waals surface area contributed by atoms with Crippen molar-refractivity contribution >= 4 is 17.6 Å². The third-order valence-electron chi connectivity index (χ3n) is 4.94. The molecule has 0 amide bonds. The standard InChI is InChI=1S/C14H11NO2.C14H11NO/c16-12(10-6-2-1-3-7-10)14-13(17-14)11-8-4-5-9-15-11;16-14(12-6-2-1-3-7-12)10-9-13-8-4-5-11-15-13/h1-9,13-14H;1-11H/b;10-9+/t13-,14-;/m0./s1. The molecule has 5 nitrogen and oxygen atoms in total. The summed E-state index contributed by atoms with van der Waals surface area (Å²) in [4.78, 5) is 32.0. The van der Waals surface area contributed by atoms with E-state index < -0.39 is 0 Å². The molecule has 1 aliphatic heterocycles. The van der Waals surface area contributed by atoms with E-state index >= 15 is 0 Å². The van der Waals surface area contributed by atoms with Crippen molar-refractivity contribution in [2.24, 2.45) is 0 Å². The molecule has 0 N–H and O–H groups in total. The van der Waals surface area contributed by atoms with Crippen LogP contribution >= 0.6 is 0 Å². The summed E-state index contributed by atoms with van der Waals surface area (Å²) in [6.45, 7) is 0. The van der Waals surface area contributed by atoms with E-state index in [1.807, 2.05) is 72.8 Å². The zero-order chi connectivity index (χ0) is 22.9. The molecule has 5 rings (SSSR count). The molecule has 5 heteroatoms. The van der Waals surface area contributed by atoms with Gasteiger partial charge in [0.05, 0.1) is 11.4 Å². The Hall–Kier alpha value is -4.22. The summed E-state index contributed by atoms with van der Waals surface area (Å²) in [6, 6.07) is 29.6. The van der Waals surface area contributed by atoms with Crippen molar-refractivity contribution in [2.75, 3.05) is 0 Å². The maximum absolute atomic E-state index is 12.0. The van der Waals surface area contributed by atoms with Crippen LogP contribution in [0.2, 0.25) is 0 Å². The number of ether oxygens (including phenoxy) is 1. The van der Waals surface area contributed by atoms with Crippen LogP contribution in [0.3, 0.4) is 0 Å². The van der Waals surface area contributed by atoms with Gasteiger partial charge in [-0.2, -0.15) is 0 Å². The van der Waals surface area contributed by atoms with Gasteiger partial charge in [-0.15, -0.1) is 0 Å². The number of carbonyl (C=O) groups is 2. The van der Waals surface area contributed by atoms with Gasteiger partial charge in [-0.3, -0.25) is 19.6 Å². The van der Waals surface area contributed by atoms with Crippen LogP contribution < -0.4 is 0 Å². The highest BCUT2D eigenvalue weighted by Crippen LogP contribution is 2.39. The Bertz CT molecular complexity index is 1210. The maximum atomic E-state index is 12.0. The molecule has 1 aliphatic rings. The average Bonchev–Trinajstić information content (AvgIpc) is 3.70. The van der Waals surface area contributed by atoms with E-state index in [-0.39, 0.29) is 23.8 Å². The zero-order valence-electron chi connectivity index (χ0n) is 17.8. The van der Waals surface area contributed by atoms with Crippen molar-refractivity contribution < 1.29 is 14.3 Å². The minimum Gasteiger partial charge on any atom is -0.354 e. The van der Waals surface area contributed by atoms with E-state index in [0.717, 1.165) is 11.4 Å². The van der Waals surface area contributed by atoms with E-state index in [4.69, 9.17) is 4.74 Å². The summed E-state index contributed by atoms with van der Waals surface area (Å²) in [5.41, 5.74) is 2.99. The number of allylic oxidation sites excluding steroid dienone is 1. The molecule has 2 aromatic carbocycles. The van der Waals surface area contributed by atoms with E-state index in [0.29, 0.717) is 11.1 Å². The largest absolute Gasteiger partial charge is 0.354 e. The first-order valence-electron chi connectivity index (χ1n) is 10.6. The number of nitrogens with zero attached hydrogens (tertiary/aromatic N) is 2. The Morgan fingerprint density at radius 2 is 1.30 bits per heavy atom. The normalized spacial score (nSPS) is 16.5. The van der Waals surface area contributed by atoms with Gasteiger partial charge in [-0.1, -0.05) is 72.8 Å². The van der Waals surface area contributed by atoms with Crippen molar-refractivity contribution in [2.45, 2.75) is 12.2 Å². The van der Waals surface area contributed by atoms with Crippen LogP contribution in [-0.2, 0) is 4.74 Å². The first kappa shape index (κ1) is 22.0. The monoisotopic (exact) mass is 434 g/mol. The molecule has 4 aromatic rings. The van der Waals surface area contributed by atoms with Crippen molar-refractivity contribution in [3.8, 4) is 0 Å². The number of Topliss-reactive ketones (excluding diaryl/α,β-unsaturated/α-hetero) is 1.